The second-order valence-corrected chi connectivity index (χ2v) is 4.02. The number of rotatable bonds is 6. The molecule has 0 aliphatic heterocycles. The highest BCUT2D eigenvalue weighted by Gasteiger charge is 1.98. The minimum Gasteiger partial charge on any atom is -0.491 e. The van der Waals surface area contributed by atoms with Crippen LogP contribution in [0.4, 0.5) is 0 Å². The van der Waals surface area contributed by atoms with Crippen molar-refractivity contribution in [3.05, 3.63) is 24.5 Å². The van der Waals surface area contributed by atoms with Crippen molar-refractivity contribution in [1.29, 1.82) is 0 Å². The Morgan fingerprint density at radius 1 is 1.25 bits per heavy atom. The summed E-state index contributed by atoms with van der Waals surface area (Å²) >= 11 is 3.29. The number of H-pyrrole nitrogens is 1. The van der Waals surface area contributed by atoms with Crippen LogP contribution in [0.25, 0.3) is 11.0 Å². The van der Waals surface area contributed by atoms with E-state index in [1.54, 1.807) is 6.33 Å². The molecule has 4 nitrogen and oxygen atoms in total. The van der Waals surface area contributed by atoms with Gasteiger partial charge in [0.15, 0.2) is 0 Å². The highest BCUT2D eigenvalue weighted by atomic mass is 79.9. The number of nitrogens with one attached hydrogen (secondary N) is 1. The van der Waals surface area contributed by atoms with E-state index < -0.39 is 0 Å². The largest absolute Gasteiger partial charge is 0.491 e. The third-order valence-electron chi connectivity index (χ3n) is 2.11. The fourth-order valence-corrected chi connectivity index (χ4v) is 1.61. The summed E-state index contributed by atoms with van der Waals surface area (Å²) < 4.78 is 10.8. The minimum absolute atomic E-state index is 0.562. The predicted molar refractivity (Wildman–Crippen MR) is 66.2 cm³/mol. The molecule has 5 heteroatoms. The zero-order chi connectivity index (χ0) is 11.2. The molecular weight excluding hydrogens is 272 g/mol. The molecule has 1 aromatic heterocycles. The number of benzene rings is 1. The number of nitrogens with zero attached hydrogens (tertiary/aromatic N) is 1. The molecule has 0 spiro atoms. The first kappa shape index (κ1) is 11.4. The van der Waals surface area contributed by atoms with E-state index in [0.717, 1.165) is 22.1 Å². The molecule has 0 radical (unpaired) electrons. The van der Waals surface area contributed by atoms with Crippen LogP contribution in [0.5, 0.6) is 5.75 Å². The molecule has 0 aliphatic carbocycles. The molecule has 0 unspecified atom stereocenters. The second-order valence-electron chi connectivity index (χ2n) is 3.23. The highest BCUT2D eigenvalue weighted by molar-refractivity contribution is 9.09. The van der Waals surface area contributed by atoms with Gasteiger partial charge in [-0.2, -0.15) is 0 Å². The van der Waals surface area contributed by atoms with Crippen molar-refractivity contribution in [1.82, 2.24) is 9.97 Å². The summed E-state index contributed by atoms with van der Waals surface area (Å²) in [6.45, 7) is 1.88. The fourth-order valence-electron chi connectivity index (χ4n) is 1.38. The quantitative estimate of drug-likeness (QED) is 0.654. The Hall–Kier alpha value is -1.07. The molecule has 2 rings (SSSR count). The molecule has 0 fully saturated rings. The van der Waals surface area contributed by atoms with Crippen molar-refractivity contribution in [3.8, 4) is 5.75 Å². The molecule has 2 aromatic rings. The smallest absolute Gasteiger partial charge is 0.121 e. The maximum absolute atomic E-state index is 5.54. The molecular formula is C11H13BrN2O2. The Morgan fingerprint density at radius 2 is 2.19 bits per heavy atom. The average molecular weight is 285 g/mol. The molecule has 0 bridgehead atoms. The zero-order valence-corrected chi connectivity index (χ0v) is 10.4. The van der Waals surface area contributed by atoms with Crippen LogP contribution in [0.1, 0.15) is 0 Å². The van der Waals surface area contributed by atoms with E-state index in [-0.39, 0.29) is 0 Å². The maximum atomic E-state index is 5.54. The standard InChI is InChI=1S/C11H13BrN2O2/c12-3-4-15-5-6-16-9-1-2-10-11(7-9)14-8-13-10/h1-2,7-8H,3-6H2,(H,13,14). The molecule has 0 atom stereocenters. The fraction of sp³-hybridized carbons (Fsp3) is 0.364. The number of hydrogen-bond donors (Lipinski definition) is 1. The second kappa shape index (κ2) is 5.86. The van der Waals surface area contributed by atoms with Crippen LogP contribution in [-0.4, -0.2) is 35.1 Å². The normalized spacial score (nSPS) is 10.8. The lowest BCUT2D eigenvalue weighted by molar-refractivity contribution is 0.112. The van der Waals surface area contributed by atoms with E-state index in [9.17, 15) is 0 Å². The van der Waals surface area contributed by atoms with E-state index in [1.165, 1.54) is 0 Å². The zero-order valence-electron chi connectivity index (χ0n) is 8.78. The van der Waals surface area contributed by atoms with Gasteiger partial charge < -0.3 is 14.5 Å². The monoisotopic (exact) mass is 284 g/mol. The van der Waals surface area contributed by atoms with Crippen LogP contribution in [-0.2, 0) is 4.74 Å². The number of aromatic nitrogens is 2. The Morgan fingerprint density at radius 3 is 3.06 bits per heavy atom. The summed E-state index contributed by atoms with van der Waals surface area (Å²) in [7, 11) is 0. The summed E-state index contributed by atoms with van der Waals surface area (Å²) in [5.74, 6) is 0.833. The number of aromatic amines is 1. The van der Waals surface area contributed by atoms with Gasteiger partial charge in [0, 0.05) is 11.4 Å². The van der Waals surface area contributed by atoms with Crippen molar-refractivity contribution in [2.45, 2.75) is 0 Å². The van der Waals surface area contributed by atoms with E-state index in [1.807, 2.05) is 18.2 Å². The Labute approximate surface area is 102 Å². The molecule has 86 valence electrons. The summed E-state index contributed by atoms with van der Waals surface area (Å²) in [6.07, 6.45) is 1.67. The lowest BCUT2D eigenvalue weighted by atomic mass is 10.3. The van der Waals surface area contributed by atoms with Crippen molar-refractivity contribution in [2.24, 2.45) is 0 Å². The lowest BCUT2D eigenvalue weighted by Gasteiger charge is -2.06. The van der Waals surface area contributed by atoms with Crippen LogP contribution < -0.4 is 4.74 Å². The Balaban J connectivity index is 1.84. The Kier molecular flexibility index (Phi) is 4.18. The molecule has 0 amide bonds. The van der Waals surface area contributed by atoms with Crippen molar-refractivity contribution in [3.63, 3.8) is 0 Å². The van der Waals surface area contributed by atoms with Gasteiger partial charge in [0.2, 0.25) is 0 Å². The van der Waals surface area contributed by atoms with Gasteiger partial charge >= 0.3 is 0 Å². The first-order chi connectivity index (χ1) is 7.90. The van der Waals surface area contributed by atoms with Crippen LogP contribution >= 0.6 is 15.9 Å². The SMILES string of the molecule is BrCCOCCOc1ccc2nc[nH]c2c1. The maximum Gasteiger partial charge on any atom is 0.121 e. The summed E-state index contributed by atoms with van der Waals surface area (Å²) in [6, 6.07) is 5.78. The van der Waals surface area contributed by atoms with E-state index in [0.29, 0.717) is 19.8 Å². The molecule has 1 N–H and O–H groups in total. The number of fused-ring (bicyclic) bond motifs is 1. The molecule has 1 aromatic carbocycles. The van der Waals surface area contributed by atoms with Crippen LogP contribution in [0.2, 0.25) is 0 Å². The Bertz CT molecular complexity index is 444. The predicted octanol–water partition coefficient (Wildman–Crippen LogP) is 2.35. The third kappa shape index (κ3) is 2.96. The number of halogens is 1. The van der Waals surface area contributed by atoms with Crippen molar-refractivity contribution < 1.29 is 9.47 Å². The topological polar surface area (TPSA) is 47.1 Å². The molecule has 0 saturated heterocycles. The number of hydrogen-bond acceptors (Lipinski definition) is 3. The van der Waals surface area contributed by atoms with Gasteiger partial charge in [-0.1, -0.05) is 15.9 Å². The molecule has 0 aliphatic rings. The van der Waals surface area contributed by atoms with Gasteiger partial charge in [0.25, 0.3) is 0 Å². The van der Waals surface area contributed by atoms with Gasteiger partial charge in [-0.25, -0.2) is 4.98 Å². The average Bonchev–Trinajstić information content (AvgIpc) is 2.76. The number of alkyl halides is 1. The first-order valence-corrected chi connectivity index (χ1v) is 6.22. The summed E-state index contributed by atoms with van der Waals surface area (Å²) in [5, 5.41) is 0.854. The third-order valence-corrected chi connectivity index (χ3v) is 2.43. The molecule has 16 heavy (non-hydrogen) atoms. The van der Waals surface area contributed by atoms with Gasteiger partial charge in [-0.3, -0.25) is 0 Å². The molecule has 0 saturated carbocycles. The van der Waals surface area contributed by atoms with E-state index in [2.05, 4.69) is 25.9 Å². The summed E-state index contributed by atoms with van der Waals surface area (Å²) in [5.41, 5.74) is 1.93. The first-order valence-electron chi connectivity index (χ1n) is 5.10. The van der Waals surface area contributed by atoms with Crippen LogP contribution in [0, 0.1) is 0 Å². The minimum atomic E-state index is 0.562. The number of imidazole rings is 1. The van der Waals surface area contributed by atoms with E-state index >= 15 is 0 Å². The number of ether oxygens (including phenoxy) is 2. The van der Waals surface area contributed by atoms with Crippen LogP contribution in [0.15, 0.2) is 24.5 Å². The van der Waals surface area contributed by atoms with Gasteiger partial charge in [0.1, 0.15) is 12.4 Å². The summed E-state index contributed by atoms with van der Waals surface area (Å²) in [4.78, 5) is 7.18. The van der Waals surface area contributed by atoms with Crippen molar-refractivity contribution in [2.75, 3.05) is 25.2 Å². The van der Waals surface area contributed by atoms with Gasteiger partial charge in [-0.15, -0.1) is 0 Å². The van der Waals surface area contributed by atoms with E-state index in [4.69, 9.17) is 9.47 Å². The lowest BCUT2D eigenvalue weighted by Crippen LogP contribution is -2.07. The van der Waals surface area contributed by atoms with Crippen LogP contribution in [0.3, 0.4) is 0 Å². The van der Waals surface area contributed by atoms with Crippen molar-refractivity contribution >= 4 is 27.0 Å². The highest BCUT2D eigenvalue weighted by Crippen LogP contribution is 2.17. The van der Waals surface area contributed by atoms with Gasteiger partial charge in [-0.05, 0) is 12.1 Å². The molecule has 1 heterocycles. The van der Waals surface area contributed by atoms with Gasteiger partial charge in [0.05, 0.1) is 30.6 Å².